The molecule has 0 aromatic heterocycles. The van der Waals surface area contributed by atoms with Crippen LogP contribution in [0.2, 0.25) is 0 Å². The van der Waals surface area contributed by atoms with Crippen LogP contribution in [0.3, 0.4) is 0 Å². The highest BCUT2D eigenvalue weighted by Crippen LogP contribution is 2.00. The van der Waals surface area contributed by atoms with Crippen LogP contribution in [0.1, 0.15) is 19.8 Å². The molecule has 2 aromatic carbocycles. The van der Waals surface area contributed by atoms with Gasteiger partial charge in [-0.15, -0.1) is 0 Å². The molecule has 0 bridgehead atoms. The van der Waals surface area contributed by atoms with Crippen molar-refractivity contribution in [1.82, 2.24) is 0 Å². The first-order chi connectivity index (χ1) is 10.2. The topological polar surface area (TPSA) is 52.3 Å². The van der Waals surface area contributed by atoms with Crippen molar-refractivity contribution >= 4 is 23.8 Å². The molecule has 0 fully saturated rings. The number of carbonyl (C=O) groups excluding carboxylic acids is 1. The van der Waals surface area contributed by atoms with E-state index in [0.29, 0.717) is 6.42 Å². The lowest BCUT2D eigenvalue weighted by molar-refractivity contribution is -0.136. The van der Waals surface area contributed by atoms with Crippen molar-refractivity contribution in [2.24, 2.45) is 5.73 Å². The van der Waals surface area contributed by atoms with E-state index in [9.17, 15) is 4.79 Å². The Morgan fingerprint density at radius 1 is 1.05 bits per heavy atom. The number of nitrogens with two attached hydrogens (primary N) is 1. The fraction of sp³-hybridized carbons (Fsp3) is 0.235. The maximum Gasteiger partial charge on any atom is 0.429 e. The molecule has 21 heavy (non-hydrogen) atoms. The minimum absolute atomic E-state index is 0.352. The maximum absolute atomic E-state index is 12.1. The van der Waals surface area contributed by atoms with Gasteiger partial charge in [-0.2, -0.15) is 0 Å². The molecule has 0 aliphatic rings. The van der Waals surface area contributed by atoms with Gasteiger partial charge in [0.2, 0.25) is 0 Å². The minimum atomic E-state index is -0.565. The van der Waals surface area contributed by atoms with Crippen LogP contribution in [-0.2, 0) is 9.45 Å². The van der Waals surface area contributed by atoms with Crippen LogP contribution in [0.5, 0.6) is 0 Å². The molecule has 0 saturated carbocycles. The average Bonchev–Trinajstić information content (AvgIpc) is 2.54. The van der Waals surface area contributed by atoms with Gasteiger partial charge in [0.05, 0.1) is 0 Å². The zero-order valence-corrected chi connectivity index (χ0v) is 12.2. The van der Waals surface area contributed by atoms with Crippen LogP contribution in [0.25, 0.3) is 0 Å². The number of carbonyl (C=O) groups is 1. The van der Waals surface area contributed by atoms with Gasteiger partial charge in [-0.1, -0.05) is 74.0 Å². The molecule has 0 saturated heterocycles. The Bertz CT molecular complexity index is 520. The van der Waals surface area contributed by atoms with Gasteiger partial charge in [-0.05, 0) is 17.3 Å². The predicted octanol–water partition coefficient (Wildman–Crippen LogP) is 1.46. The Labute approximate surface area is 126 Å². The average molecular weight is 281 g/mol. The summed E-state index contributed by atoms with van der Waals surface area (Å²) in [6.45, 7) is 1.58. The van der Waals surface area contributed by atoms with Crippen molar-refractivity contribution in [2.75, 3.05) is 0 Å². The van der Waals surface area contributed by atoms with E-state index in [1.54, 1.807) is 0 Å². The van der Waals surface area contributed by atoms with Gasteiger partial charge in [0.1, 0.15) is 6.04 Å². The Balaban J connectivity index is 2.23. The van der Waals surface area contributed by atoms with E-state index in [1.165, 1.54) is 0 Å². The second-order valence-electron chi connectivity index (χ2n) is 5.03. The molecule has 0 spiro atoms. The normalized spacial score (nSPS) is 11.7. The van der Waals surface area contributed by atoms with Crippen molar-refractivity contribution in [3.05, 3.63) is 60.7 Å². The van der Waals surface area contributed by atoms with E-state index in [2.05, 4.69) is 0 Å². The molecule has 4 heteroatoms. The van der Waals surface area contributed by atoms with Crippen LogP contribution in [-0.4, -0.2) is 18.9 Å². The van der Waals surface area contributed by atoms with Gasteiger partial charge in [-0.3, -0.25) is 4.79 Å². The molecule has 0 radical (unpaired) electrons. The molecule has 3 nitrogen and oxygen atoms in total. The summed E-state index contributed by atoms with van der Waals surface area (Å²) in [5.74, 6) is -0.352. The SMILES string of the molecule is CCCC(N)C(=O)OB(c1ccccc1)c1ccccc1. The van der Waals surface area contributed by atoms with Crippen molar-refractivity contribution in [2.45, 2.75) is 25.8 Å². The molecule has 2 aromatic rings. The summed E-state index contributed by atoms with van der Waals surface area (Å²) < 4.78 is 5.67. The Morgan fingerprint density at radius 3 is 1.95 bits per heavy atom. The van der Waals surface area contributed by atoms with Gasteiger partial charge in [0.15, 0.2) is 0 Å². The molecule has 0 aliphatic carbocycles. The molecule has 108 valence electrons. The van der Waals surface area contributed by atoms with E-state index >= 15 is 0 Å². The summed E-state index contributed by atoms with van der Waals surface area (Å²) >= 11 is 0. The van der Waals surface area contributed by atoms with Gasteiger partial charge in [0.25, 0.3) is 0 Å². The summed E-state index contributed by atoms with van der Waals surface area (Å²) in [7, 11) is 0. The molecular weight excluding hydrogens is 261 g/mol. The zero-order chi connectivity index (χ0) is 15.1. The second-order valence-corrected chi connectivity index (χ2v) is 5.03. The fourth-order valence-electron chi connectivity index (χ4n) is 2.22. The number of hydrogen-bond acceptors (Lipinski definition) is 3. The molecule has 2 rings (SSSR count). The van der Waals surface area contributed by atoms with E-state index in [0.717, 1.165) is 17.3 Å². The molecular formula is C17H20BNO2. The third-order valence-corrected chi connectivity index (χ3v) is 3.34. The monoisotopic (exact) mass is 281 g/mol. The van der Waals surface area contributed by atoms with Crippen LogP contribution in [0, 0.1) is 0 Å². The highest BCUT2D eigenvalue weighted by molar-refractivity contribution is 6.81. The van der Waals surface area contributed by atoms with Gasteiger partial charge < -0.3 is 10.4 Å². The molecule has 0 aliphatic heterocycles. The zero-order valence-electron chi connectivity index (χ0n) is 12.2. The second kappa shape index (κ2) is 7.65. The molecule has 2 N–H and O–H groups in total. The first kappa shape index (κ1) is 15.3. The summed E-state index contributed by atoms with van der Waals surface area (Å²) in [5.41, 5.74) is 7.75. The first-order valence-corrected chi connectivity index (χ1v) is 7.28. The van der Waals surface area contributed by atoms with E-state index in [-0.39, 0.29) is 5.97 Å². The van der Waals surface area contributed by atoms with Gasteiger partial charge in [0, 0.05) is 0 Å². The summed E-state index contributed by atoms with van der Waals surface area (Å²) in [4.78, 5) is 12.1. The standard InChI is InChI=1S/C17H20BNO2/c1-2-9-16(19)17(20)21-18(14-10-5-3-6-11-14)15-12-7-4-8-13-15/h3-8,10-13,16H,2,9,19H2,1H3. The molecule has 1 unspecified atom stereocenters. The largest absolute Gasteiger partial charge is 0.525 e. The van der Waals surface area contributed by atoms with Crippen LogP contribution in [0.4, 0.5) is 0 Å². The third kappa shape index (κ3) is 4.20. The summed E-state index contributed by atoms with van der Waals surface area (Å²) in [5, 5.41) is 0. The van der Waals surface area contributed by atoms with E-state index in [1.807, 2.05) is 67.6 Å². The lowest BCUT2D eigenvalue weighted by Gasteiger charge is -2.18. The predicted molar refractivity (Wildman–Crippen MR) is 86.9 cm³/mol. The lowest BCUT2D eigenvalue weighted by atomic mass is 9.55. The fourth-order valence-corrected chi connectivity index (χ4v) is 2.22. The number of hydrogen-bond donors (Lipinski definition) is 1. The van der Waals surface area contributed by atoms with Crippen molar-refractivity contribution in [3.63, 3.8) is 0 Å². The van der Waals surface area contributed by atoms with Crippen molar-refractivity contribution in [3.8, 4) is 0 Å². The first-order valence-electron chi connectivity index (χ1n) is 7.28. The van der Waals surface area contributed by atoms with Crippen LogP contribution in [0.15, 0.2) is 60.7 Å². The quantitative estimate of drug-likeness (QED) is 0.816. The van der Waals surface area contributed by atoms with Crippen molar-refractivity contribution in [1.29, 1.82) is 0 Å². The molecule has 0 amide bonds. The summed E-state index contributed by atoms with van der Waals surface area (Å²) in [6.07, 6.45) is 1.49. The maximum atomic E-state index is 12.1. The number of benzene rings is 2. The number of rotatable bonds is 6. The van der Waals surface area contributed by atoms with E-state index in [4.69, 9.17) is 10.4 Å². The van der Waals surface area contributed by atoms with E-state index < -0.39 is 13.0 Å². The van der Waals surface area contributed by atoms with Crippen LogP contribution >= 0.6 is 0 Å². The summed E-state index contributed by atoms with van der Waals surface area (Å²) in [6, 6.07) is 18.9. The van der Waals surface area contributed by atoms with Gasteiger partial charge in [-0.25, -0.2) is 0 Å². The third-order valence-electron chi connectivity index (χ3n) is 3.34. The Hall–Kier alpha value is -2.07. The lowest BCUT2D eigenvalue weighted by Crippen LogP contribution is -2.49. The van der Waals surface area contributed by atoms with Crippen molar-refractivity contribution < 1.29 is 9.45 Å². The minimum Gasteiger partial charge on any atom is -0.525 e. The van der Waals surface area contributed by atoms with Crippen LogP contribution < -0.4 is 16.7 Å². The Morgan fingerprint density at radius 2 is 1.52 bits per heavy atom. The molecule has 0 heterocycles. The van der Waals surface area contributed by atoms with Gasteiger partial charge >= 0.3 is 12.9 Å². The molecule has 1 atom stereocenters. The highest BCUT2D eigenvalue weighted by Gasteiger charge is 2.27. The Kier molecular flexibility index (Phi) is 5.58. The highest BCUT2D eigenvalue weighted by atomic mass is 16.5. The smallest absolute Gasteiger partial charge is 0.429 e.